The number of carbonyl (C=O) groups is 1. The molecule has 0 aromatic heterocycles. The van der Waals surface area contributed by atoms with Gasteiger partial charge >= 0.3 is 13.1 Å². The van der Waals surface area contributed by atoms with E-state index in [2.05, 4.69) is 0 Å². The Kier molecular flexibility index (Phi) is 1.05. The molecule has 0 saturated heterocycles. The molecule has 0 aromatic rings. The maximum atomic E-state index is 10.5. The number of aliphatic carboxylic acids is 1. The highest BCUT2D eigenvalue weighted by Crippen LogP contribution is 2.79. The van der Waals surface area contributed by atoms with Crippen LogP contribution in [0.5, 0.6) is 0 Å². The monoisotopic (exact) mass is 156 g/mol. The molecule has 4 nitrogen and oxygen atoms in total. The number of hydrogen-bond donors (Lipinski definition) is 3. The molecule has 0 atom stereocenters. The van der Waals surface area contributed by atoms with Crippen molar-refractivity contribution in [3.63, 3.8) is 0 Å². The van der Waals surface area contributed by atoms with Crippen LogP contribution in [0.1, 0.15) is 19.3 Å². The fourth-order valence-electron chi connectivity index (χ4n) is 2.37. The topological polar surface area (TPSA) is 77.8 Å². The molecule has 3 rings (SSSR count). The highest BCUT2D eigenvalue weighted by Gasteiger charge is 2.75. The van der Waals surface area contributed by atoms with Crippen LogP contribution in [-0.4, -0.2) is 28.2 Å². The summed E-state index contributed by atoms with van der Waals surface area (Å²) in [5.74, 6) is -0.792. The van der Waals surface area contributed by atoms with Crippen LogP contribution in [0.4, 0.5) is 0 Å². The lowest BCUT2D eigenvalue weighted by Gasteiger charge is -2.67. The van der Waals surface area contributed by atoms with Crippen molar-refractivity contribution in [1.82, 2.24) is 0 Å². The number of carboxylic acid groups (broad SMARTS) is 1. The third kappa shape index (κ3) is 0.606. The van der Waals surface area contributed by atoms with E-state index >= 15 is 0 Å². The van der Waals surface area contributed by atoms with Crippen molar-refractivity contribution >= 4 is 13.1 Å². The molecule has 11 heavy (non-hydrogen) atoms. The average Bonchev–Trinajstić information content (AvgIpc) is 1.51. The largest absolute Gasteiger partial charge is 0.481 e. The van der Waals surface area contributed by atoms with Gasteiger partial charge in [-0.2, -0.15) is 0 Å². The van der Waals surface area contributed by atoms with Crippen molar-refractivity contribution in [1.29, 1.82) is 0 Å². The van der Waals surface area contributed by atoms with Gasteiger partial charge in [0, 0.05) is 5.31 Å². The van der Waals surface area contributed by atoms with E-state index in [-0.39, 0.29) is 0 Å². The van der Waals surface area contributed by atoms with Crippen LogP contribution in [0.15, 0.2) is 0 Å². The molecule has 3 aliphatic rings. The second-order valence-corrected chi connectivity index (χ2v) is 3.85. The minimum Gasteiger partial charge on any atom is -0.481 e. The van der Waals surface area contributed by atoms with E-state index in [1.54, 1.807) is 0 Å². The molecule has 0 radical (unpaired) electrons. The number of hydrogen-bond acceptors (Lipinski definition) is 3. The maximum absolute atomic E-state index is 10.5. The smallest absolute Gasteiger partial charge is 0.458 e. The van der Waals surface area contributed by atoms with Crippen molar-refractivity contribution in [2.45, 2.75) is 24.6 Å². The molecule has 60 valence electrons. The molecule has 0 spiro atoms. The molecule has 3 aliphatic carbocycles. The summed E-state index contributed by atoms with van der Waals surface area (Å²) in [5.41, 5.74) is -0.594. The molecular weight excluding hydrogens is 147 g/mol. The molecule has 0 unspecified atom stereocenters. The van der Waals surface area contributed by atoms with Crippen molar-refractivity contribution in [2.24, 2.45) is 5.41 Å². The first-order valence-electron chi connectivity index (χ1n) is 3.60. The van der Waals surface area contributed by atoms with Gasteiger partial charge < -0.3 is 15.2 Å². The molecule has 3 N–H and O–H groups in total. The van der Waals surface area contributed by atoms with Crippen LogP contribution in [0.2, 0.25) is 5.31 Å². The normalized spacial score (nSPS) is 45.6. The zero-order valence-electron chi connectivity index (χ0n) is 5.95. The van der Waals surface area contributed by atoms with E-state index in [9.17, 15) is 4.79 Å². The molecule has 3 saturated carbocycles. The van der Waals surface area contributed by atoms with Crippen LogP contribution < -0.4 is 0 Å². The van der Waals surface area contributed by atoms with E-state index in [1.165, 1.54) is 0 Å². The third-order valence-electron chi connectivity index (χ3n) is 3.07. The highest BCUT2D eigenvalue weighted by atomic mass is 16.4. The summed E-state index contributed by atoms with van der Waals surface area (Å²) in [6, 6.07) is 0. The third-order valence-corrected chi connectivity index (χ3v) is 3.07. The van der Waals surface area contributed by atoms with Gasteiger partial charge in [-0.05, 0) is 19.3 Å². The summed E-state index contributed by atoms with van der Waals surface area (Å²) >= 11 is 0. The summed E-state index contributed by atoms with van der Waals surface area (Å²) in [6.07, 6.45) is 1.31. The first-order chi connectivity index (χ1) is 5.01. The van der Waals surface area contributed by atoms with E-state index in [0.717, 1.165) is 0 Å². The average molecular weight is 156 g/mol. The van der Waals surface area contributed by atoms with Gasteiger partial charge in [0.15, 0.2) is 0 Å². The van der Waals surface area contributed by atoms with Crippen LogP contribution in [0.25, 0.3) is 0 Å². The van der Waals surface area contributed by atoms with Gasteiger partial charge in [0.1, 0.15) is 0 Å². The zero-order chi connectivity index (χ0) is 8.28. The zero-order valence-corrected chi connectivity index (χ0v) is 5.95. The van der Waals surface area contributed by atoms with Crippen LogP contribution >= 0.6 is 0 Å². The van der Waals surface area contributed by atoms with Crippen molar-refractivity contribution in [3.8, 4) is 0 Å². The van der Waals surface area contributed by atoms with Gasteiger partial charge in [-0.1, -0.05) is 0 Å². The minimum absolute atomic E-state index is 0.438. The summed E-state index contributed by atoms with van der Waals surface area (Å²) in [5, 5.41) is 25.9. The summed E-state index contributed by atoms with van der Waals surface area (Å²) in [6.45, 7) is 0. The number of carboxylic acids is 1. The summed E-state index contributed by atoms with van der Waals surface area (Å²) < 4.78 is 0. The lowest BCUT2D eigenvalue weighted by Crippen LogP contribution is -2.66. The predicted molar refractivity (Wildman–Crippen MR) is 36.8 cm³/mol. The van der Waals surface area contributed by atoms with E-state index in [1.807, 2.05) is 0 Å². The first kappa shape index (κ1) is 7.12. The van der Waals surface area contributed by atoms with E-state index in [0.29, 0.717) is 19.3 Å². The molecule has 0 amide bonds. The number of rotatable bonds is 2. The summed E-state index contributed by atoms with van der Waals surface area (Å²) in [4.78, 5) is 10.5. The highest BCUT2D eigenvalue weighted by molar-refractivity contribution is 6.47. The van der Waals surface area contributed by atoms with E-state index < -0.39 is 23.8 Å². The van der Waals surface area contributed by atoms with Crippen LogP contribution in [0.3, 0.4) is 0 Å². The van der Waals surface area contributed by atoms with Gasteiger partial charge in [-0.25, -0.2) is 0 Å². The molecule has 5 heteroatoms. The summed E-state index contributed by atoms with van der Waals surface area (Å²) in [7, 11) is -1.33. The first-order valence-corrected chi connectivity index (χ1v) is 3.60. The molecule has 3 fully saturated rings. The Hall–Kier alpha value is -0.545. The van der Waals surface area contributed by atoms with Gasteiger partial charge in [-0.15, -0.1) is 0 Å². The fraction of sp³-hybridized carbons (Fsp3) is 0.833. The van der Waals surface area contributed by atoms with Gasteiger partial charge in [0.05, 0.1) is 5.41 Å². The van der Waals surface area contributed by atoms with Crippen molar-refractivity contribution < 1.29 is 19.9 Å². The van der Waals surface area contributed by atoms with Crippen molar-refractivity contribution in [3.05, 3.63) is 0 Å². The van der Waals surface area contributed by atoms with Gasteiger partial charge in [0.25, 0.3) is 0 Å². The Bertz CT molecular complexity index is 205. The Morgan fingerprint density at radius 3 is 2.00 bits per heavy atom. The van der Waals surface area contributed by atoms with Crippen molar-refractivity contribution in [2.75, 3.05) is 0 Å². The van der Waals surface area contributed by atoms with Gasteiger partial charge in [0.2, 0.25) is 0 Å². The standard InChI is InChI=1S/C6H9BO4/c8-4(9)5-1-6(2-5,3-5)7(10)11/h10-11H,1-3H2,(H,8,9). The predicted octanol–water partition coefficient (Wildman–Crippen LogP) is -0.532. The maximum Gasteiger partial charge on any atom is 0.458 e. The van der Waals surface area contributed by atoms with E-state index in [4.69, 9.17) is 15.2 Å². The minimum atomic E-state index is -1.33. The Morgan fingerprint density at radius 2 is 1.73 bits per heavy atom. The second kappa shape index (κ2) is 1.62. The Morgan fingerprint density at radius 1 is 1.27 bits per heavy atom. The fourth-order valence-corrected chi connectivity index (χ4v) is 2.37. The SMILES string of the molecule is O=C(O)C12CC(B(O)O)(C1)C2. The van der Waals surface area contributed by atoms with Crippen LogP contribution in [0, 0.1) is 5.41 Å². The Labute approximate surface area is 64.0 Å². The van der Waals surface area contributed by atoms with Gasteiger partial charge in [-0.3, -0.25) is 4.79 Å². The molecule has 0 heterocycles. The lowest BCUT2D eigenvalue weighted by molar-refractivity contribution is -0.183. The molecule has 0 aliphatic heterocycles. The lowest BCUT2D eigenvalue weighted by atomic mass is 9.24. The van der Waals surface area contributed by atoms with Crippen LogP contribution in [-0.2, 0) is 4.79 Å². The second-order valence-electron chi connectivity index (χ2n) is 3.85. The molecular formula is C6H9BO4. The molecule has 0 aromatic carbocycles. The quantitative estimate of drug-likeness (QED) is 0.469. The Balaban J connectivity index is 2.04. The molecule has 2 bridgehead atoms.